The maximum absolute atomic E-state index is 4.80. The second-order valence-electron chi connectivity index (χ2n) is 25.3. The molecule has 2 aromatic heterocycles. The Hall–Kier alpha value is -12.6. The molecule has 0 N–H and O–H groups in total. The Labute approximate surface area is 557 Å². The van der Waals surface area contributed by atoms with Crippen LogP contribution < -0.4 is 0 Å². The van der Waals surface area contributed by atoms with E-state index in [9.17, 15) is 0 Å². The number of hydrogen-bond acceptors (Lipinski definition) is 2. The molecule has 0 amide bonds. The number of nitrogens with zero attached hydrogens (tertiary/aromatic N) is 2. The summed E-state index contributed by atoms with van der Waals surface area (Å²) >= 11 is 0. The van der Waals surface area contributed by atoms with E-state index in [1.165, 1.54) is 187 Å². The van der Waals surface area contributed by atoms with Gasteiger partial charge in [0.05, 0.1) is 11.0 Å². The molecular formula is C94H58N2. The van der Waals surface area contributed by atoms with Crippen LogP contribution in [0.1, 0.15) is 0 Å². The van der Waals surface area contributed by atoms with Crippen LogP contribution in [0.4, 0.5) is 0 Å². The molecule has 0 spiro atoms. The zero-order valence-corrected chi connectivity index (χ0v) is 52.4. The number of pyridine rings is 2. The minimum atomic E-state index is 1.05. The number of hydrogen-bond donors (Lipinski definition) is 0. The molecule has 20 rings (SSSR count). The van der Waals surface area contributed by atoms with E-state index in [4.69, 9.17) is 9.97 Å². The molecular weight excluding hydrogens is 1160 g/mol. The molecule has 0 saturated heterocycles. The summed E-state index contributed by atoms with van der Waals surface area (Å²) < 4.78 is 0. The average Bonchev–Trinajstić information content (AvgIpc) is 0.766. The first-order valence-corrected chi connectivity index (χ1v) is 33.1. The second kappa shape index (κ2) is 22.6. The third kappa shape index (κ3) is 8.95. The Balaban J connectivity index is 0.000000135. The number of aromatic nitrogens is 2. The second-order valence-corrected chi connectivity index (χ2v) is 25.3. The lowest BCUT2D eigenvalue weighted by Gasteiger charge is -2.25. The van der Waals surface area contributed by atoms with Crippen molar-refractivity contribution in [3.05, 3.63) is 352 Å². The summed E-state index contributed by atoms with van der Waals surface area (Å²) in [5.74, 6) is 0. The summed E-state index contributed by atoms with van der Waals surface area (Å²) in [6.07, 6.45) is 3.79. The Bertz CT molecular complexity index is 6050. The molecule has 444 valence electrons. The summed E-state index contributed by atoms with van der Waals surface area (Å²) in [6.45, 7) is 0. The van der Waals surface area contributed by atoms with Crippen LogP contribution in [0.15, 0.2) is 352 Å². The van der Waals surface area contributed by atoms with Crippen molar-refractivity contribution in [2.45, 2.75) is 0 Å². The third-order valence-corrected chi connectivity index (χ3v) is 20.2. The van der Waals surface area contributed by atoms with E-state index in [0.29, 0.717) is 0 Å². The Morgan fingerprint density at radius 1 is 0.135 bits per heavy atom. The van der Waals surface area contributed by atoms with Crippen LogP contribution in [-0.2, 0) is 0 Å². The van der Waals surface area contributed by atoms with Gasteiger partial charge in [-0.3, -0.25) is 9.97 Å². The van der Waals surface area contributed by atoms with E-state index >= 15 is 0 Å². The highest BCUT2D eigenvalue weighted by molar-refractivity contribution is 6.26. The fourth-order valence-corrected chi connectivity index (χ4v) is 15.8. The molecule has 0 radical (unpaired) electrons. The molecule has 18 aromatic rings. The van der Waals surface area contributed by atoms with Crippen LogP contribution in [0.25, 0.3) is 198 Å². The van der Waals surface area contributed by atoms with Gasteiger partial charge >= 0.3 is 0 Å². The Morgan fingerprint density at radius 2 is 0.396 bits per heavy atom. The van der Waals surface area contributed by atoms with Gasteiger partial charge in [-0.05, 0) is 196 Å². The van der Waals surface area contributed by atoms with Crippen molar-refractivity contribution < 1.29 is 0 Å². The summed E-state index contributed by atoms with van der Waals surface area (Å²) in [6, 6.07) is 124. The normalized spacial score (nSPS) is 11.8. The quantitative estimate of drug-likeness (QED) is 0.164. The topological polar surface area (TPSA) is 25.8 Å². The minimum absolute atomic E-state index is 1.05. The van der Waals surface area contributed by atoms with Crippen molar-refractivity contribution >= 4 is 64.9 Å². The lowest BCUT2D eigenvalue weighted by atomic mass is 9.78. The first-order chi connectivity index (χ1) is 47.6. The largest absolute Gasteiger partial charge is 0.256 e. The molecule has 0 bridgehead atoms. The van der Waals surface area contributed by atoms with Crippen LogP contribution in [0.5, 0.6) is 0 Å². The standard InChI is InChI=1S/2C47H29N/c1-2-12-35-34(11-1)36-13-3-4-14-38(36)42-20-9-19-33(46(42)41-17-7-5-15-37(35)41)31-24-22-30(23-25-31)32-26-27-40-39-16-6-8-18-43(39)47-44(45(40)29-32)21-10-28-48-47;1-2-11-35-34(10-1)36-12-3-4-14-38(36)41-25-23-32(28-45(41)40-16-6-5-13-37(35)40)30-19-21-31(22-20-30)33-24-26-42-39-15-7-8-17-43(39)47-44(46(42)29-33)18-9-27-48-47/h2*1-29H. The molecule has 96 heavy (non-hydrogen) atoms. The van der Waals surface area contributed by atoms with Gasteiger partial charge in [-0.15, -0.1) is 0 Å². The van der Waals surface area contributed by atoms with Gasteiger partial charge in [0.15, 0.2) is 0 Å². The first-order valence-electron chi connectivity index (χ1n) is 33.1. The lowest BCUT2D eigenvalue weighted by Crippen LogP contribution is -1.98. The van der Waals surface area contributed by atoms with Crippen molar-refractivity contribution in [2.24, 2.45) is 0 Å². The Kier molecular flexibility index (Phi) is 13.0. The molecule has 2 aliphatic carbocycles. The Morgan fingerprint density at radius 3 is 0.823 bits per heavy atom. The van der Waals surface area contributed by atoms with E-state index in [-0.39, 0.29) is 0 Å². The van der Waals surface area contributed by atoms with Crippen molar-refractivity contribution in [2.75, 3.05) is 0 Å². The van der Waals surface area contributed by atoms with E-state index in [0.717, 1.165) is 11.0 Å². The SMILES string of the molecule is c1ccc2c(c1)-c1ccccc1-c1ccc(-c3ccc(-c4ccc5c6ccccc6c6ncccc6c5c4)cc3)cc1-c1ccccc1-2.c1ccc2c(c1)-c1ccccc1-c1cccc(-c3ccc(-c4ccc5c6ccccc6c6ncccc6c5c4)cc3)c1-c1ccccc1-2. The predicted octanol–water partition coefficient (Wildman–Crippen LogP) is 25.7. The highest BCUT2D eigenvalue weighted by Gasteiger charge is 2.26. The highest BCUT2D eigenvalue weighted by atomic mass is 14.7. The van der Waals surface area contributed by atoms with Gasteiger partial charge < -0.3 is 0 Å². The summed E-state index contributed by atoms with van der Waals surface area (Å²) in [5.41, 5.74) is 32.0. The molecule has 2 nitrogen and oxygen atoms in total. The smallest absolute Gasteiger partial charge is 0.0786 e. The maximum Gasteiger partial charge on any atom is 0.0786 e. The van der Waals surface area contributed by atoms with Gasteiger partial charge in [-0.1, -0.05) is 309 Å². The first kappa shape index (κ1) is 55.1. The fraction of sp³-hybridized carbons (Fsp3) is 0. The van der Waals surface area contributed by atoms with E-state index in [1.807, 2.05) is 24.5 Å². The molecule has 2 aliphatic rings. The van der Waals surface area contributed by atoms with Gasteiger partial charge in [-0.25, -0.2) is 0 Å². The van der Waals surface area contributed by atoms with Gasteiger partial charge in [-0.2, -0.15) is 0 Å². The fourth-order valence-electron chi connectivity index (χ4n) is 15.8. The molecule has 2 heteroatoms. The van der Waals surface area contributed by atoms with Crippen molar-refractivity contribution in [1.29, 1.82) is 0 Å². The zero-order chi connectivity index (χ0) is 63.2. The minimum Gasteiger partial charge on any atom is -0.256 e. The van der Waals surface area contributed by atoms with Crippen LogP contribution >= 0.6 is 0 Å². The van der Waals surface area contributed by atoms with E-state index in [2.05, 4.69) is 328 Å². The lowest BCUT2D eigenvalue weighted by molar-refractivity contribution is 1.43. The molecule has 0 saturated carbocycles. The summed E-state index contributed by atoms with van der Waals surface area (Å²) in [5, 5.41) is 12.2. The van der Waals surface area contributed by atoms with Crippen LogP contribution in [0, 0.1) is 0 Å². The summed E-state index contributed by atoms with van der Waals surface area (Å²) in [7, 11) is 0. The number of fused-ring (bicyclic) bond motifs is 28. The highest BCUT2D eigenvalue weighted by Crippen LogP contribution is 2.52. The van der Waals surface area contributed by atoms with Crippen molar-refractivity contribution in [3.63, 3.8) is 0 Å². The van der Waals surface area contributed by atoms with Gasteiger partial charge in [0.1, 0.15) is 0 Å². The number of rotatable bonds is 4. The van der Waals surface area contributed by atoms with Crippen LogP contribution in [-0.4, -0.2) is 9.97 Å². The van der Waals surface area contributed by atoms with Crippen molar-refractivity contribution in [3.8, 4) is 134 Å². The zero-order valence-electron chi connectivity index (χ0n) is 52.4. The molecule has 0 aliphatic heterocycles. The molecule has 16 aromatic carbocycles. The molecule has 2 heterocycles. The van der Waals surface area contributed by atoms with Gasteiger partial charge in [0.25, 0.3) is 0 Å². The van der Waals surface area contributed by atoms with Gasteiger partial charge in [0, 0.05) is 33.9 Å². The summed E-state index contributed by atoms with van der Waals surface area (Å²) in [4.78, 5) is 9.58. The molecule has 0 unspecified atom stereocenters. The maximum atomic E-state index is 4.80. The number of benzene rings is 16. The van der Waals surface area contributed by atoms with E-state index in [1.54, 1.807) is 0 Å². The predicted molar refractivity (Wildman–Crippen MR) is 406 cm³/mol. The monoisotopic (exact) mass is 1210 g/mol. The van der Waals surface area contributed by atoms with Crippen molar-refractivity contribution in [1.82, 2.24) is 9.97 Å². The molecule has 0 atom stereocenters. The molecule has 0 fully saturated rings. The van der Waals surface area contributed by atoms with Gasteiger partial charge in [0.2, 0.25) is 0 Å². The van der Waals surface area contributed by atoms with Crippen LogP contribution in [0.2, 0.25) is 0 Å². The average molecular weight is 1220 g/mol. The van der Waals surface area contributed by atoms with Crippen LogP contribution in [0.3, 0.4) is 0 Å². The third-order valence-electron chi connectivity index (χ3n) is 20.2. The van der Waals surface area contributed by atoms with E-state index < -0.39 is 0 Å².